The van der Waals surface area contributed by atoms with Crippen molar-refractivity contribution in [1.82, 2.24) is 4.90 Å². The number of amides is 2. The Kier molecular flexibility index (Phi) is 5.47. The average molecular weight is 336 g/mol. The van der Waals surface area contributed by atoms with Crippen LogP contribution < -0.4 is 5.73 Å². The minimum atomic E-state index is -0.530. The summed E-state index contributed by atoms with van der Waals surface area (Å²) in [6, 6.07) is 5.87. The number of benzene rings is 1. The lowest BCUT2D eigenvalue weighted by Crippen LogP contribution is -2.43. The zero-order valence-corrected chi connectivity index (χ0v) is 14.4. The first-order chi connectivity index (χ1) is 11.2. The molecule has 1 aromatic rings. The molecule has 1 aliphatic rings. The summed E-state index contributed by atoms with van der Waals surface area (Å²) in [6.07, 6.45) is 0.979. The van der Waals surface area contributed by atoms with Crippen LogP contribution in [0, 0.1) is 11.7 Å². The number of halogens is 1. The second-order valence-corrected chi connectivity index (χ2v) is 7.24. The molecule has 5 nitrogen and oxygen atoms in total. The van der Waals surface area contributed by atoms with Gasteiger partial charge < -0.3 is 15.4 Å². The van der Waals surface area contributed by atoms with Crippen molar-refractivity contribution in [3.05, 3.63) is 35.6 Å². The molecule has 1 unspecified atom stereocenters. The summed E-state index contributed by atoms with van der Waals surface area (Å²) in [6.45, 7) is 6.52. The molecule has 0 bridgehead atoms. The van der Waals surface area contributed by atoms with E-state index >= 15 is 0 Å². The van der Waals surface area contributed by atoms with Crippen LogP contribution in [0.15, 0.2) is 24.3 Å². The maximum atomic E-state index is 13.1. The summed E-state index contributed by atoms with van der Waals surface area (Å²) in [5.74, 6) is -1.20. The van der Waals surface area contributed by atoms with E-state index in [4.69, 9.17) is 10.5 Å². The second kappa shape index (κ2) is 7.20. The molecule has 0 radical (unpaired) electrons. The first kappa shape index (κ1) is 18.2. The van der Waals surface area contributed by atoms with Crippen molar-refractivity contribution in [2.45, 2.75) is 45.1 Å². The van der Waals surface area contributed by atoms with Crippen LogP contribution in [0.3, 0.4) is 0 Å². The Balaban J connectivity index is 2.02. The molecule has 0 spiro atoms. The first-order valence-electron chi connectivity index (χ1n) is 8.20. The number of primary amides is 1. The molecule has 2 amide bonds. The number of carbonyl (C=O) groups excluding carboxylic acids is 2. The zero-order valence-electron chi connectivity index (χ0n) is 14.4. The van der Waals surface area contributed by atoms with Crippen molar-refractivity contribution in [3.63, 3.8) is 0 Å². The number of hydrogen-bond donors (Lipinski definition) is 1. The van der Waals surface area contributed by atoms with Gasteiger partial charge in [-0.3, -0.25) is 4.79 Å². The van der Waals surface area contributed by atoms with E-state index in [0.29, 0.717) is 25.9 Å². The van der Waals surface area contributed by atoms with E-state index in [1.807, 2.05) is 20.8 Å². The van der Waals surface area contributed by atoms with E-state index in [-0.39, 0.29) is 17.8 Å². The average Bonchev–Trinajstić information content (AvgIpc) is 2.48. The van der Waals surface area contributed by atoms with Crippen LogP contribution in [0.25, 0.3) is 0 Å². The number of nitrogens with two attached hydrogens (primary N) is 1. The summed E-state index contributed by atoms with van der Waals surface area (Å²) in [5.41, 5.74) is 5.77. The Morgan fingerprint density at radius 3 is 2.21 bits per heavy atom. The molecule has 1 heterocycles. The van der Waals surface area contributed by atoms with Crippen molar-refractivity contribution in [2.24, 2.45) is 11.7 Å². The van der Waals surface area contributed by atoms with Gasteiger partial charge in [0.15, 0.2) is 0 Å². The van der Waals surface area contributed by atoms with Crippen LogP contribution >= 0.6 is 0 Å². The summed E-state index contributed by atoms with van der Waals surface area (Å²) in [7, 11) is 0. The smallest absolute Gasteiger partial charge is 0.410 e. The number of nitrogens with zero attached hydrogens (tertiary/aromatic N) is 1. The van der Waals surface area contributed by atoms with Crippen molar-refractivity contribution in [2.75, 3.05) is 13.1 Å². The second-order valence-electron chi connectivity index (χ2n) is 7.24. The molecule has 24 heavy (non-hydrogen) atoms. The standard InChI is InChI=1S/C18H25FN2O3/c1-18(2,3)24-17(23)21-10-8-13(9-11-21)15(16(20)22)12-4-6-14(19)7-5-12/h4-7,13,15H,8-11H2,1-3H3,(H2,20,22). The molecule has 1 fully saturated rings. The van der Waals surface area contributed by atoms with E-state index in [1.54, 1.807) is 17.0 Å². The van der Waals surface area contributed by atoms with Crippen LogP contribution in [0.2, 0.25) is 0 Å². The van der Waals surface area contributed by atoms with E-state index in [1.165, 1.54) is 12.1 Å². The van der Waals surface area contributed by atoms with Crippen molar-refractivity contribution >= 4 is 12.0 Å². The van der Waals surface area contributed by atoms with Crippen molar-refractivity contribution < 1.29 is 18.7 Å². The highest BCUT2D eigenvalue weighted by molar-refractivity contribution is 5.82. The molecule has 1 aromatic carbocycles. The summed E-state index contributed by atoms with van der Waals surface area (Å²) in [5, 5.41) is 0. The number of piperidine rings is 1. The van der Waals surface area contributed by atoms with Crippen LogP contribution in [0.4, 0.5) is 9.18 Å². The maximum absolute atomic E-state index is 13.1. The highest BCUT2D eigenvalue weighted by Crippen LogP contribution is 2.33. The summed E-state index contributed by atoms with van der Waals surface area (Å²) >= 11 is 0. The highest BCUT2D eigenvalue weighted by atomic mass is 19.1. The van der Waals surface area contributed by atoms with Gasteiger partial charge in [0, 0.05) is 13.1 Å². The fourth-order valence-electron chi connectivity index (χ4n) is 3.08. The topological polar surface area (TPSA) is 72.6 Å². The SMILES string of the molecule is CC(C)(C)OC(=O)N1CCC(C(C(N)=O)c2ccc(F)cc2)CC1. The van der Waals surface area contributed by atoms with Crippen LogP contribution in [0.1, 0.15) is 45.1 Å². The molecule has 6 heteroatoms. The van der Waals surface area contributed by atoms with E-state index in [9.17, 15) is 14.0 Å². The lowest BCUT2D eigenvalue weighted by atomic mass is 9.79. The van der Waals surface area contributed by atoms with E-state index in [0.717, 1.165) is 5.56 Å². The van der Waals surface area contributed by atoms with Gasteiger partial charge in [-0.25, -0.2) is 9.18 Å². The molecule has 0 saturated carbocycles. The quantitative estimate of drug-likeness (QED) is 0.922. The molecule has 1 aliphatic heterocycles. The number of ether oxygens (including phenoxy) is 1. The number of likely N-dealkylation sites (tertiary alicyclic amines) is 1. The Hall–Kier alpha value is -2.11. The Morgan fingerprint density at radius 2 is 1.75 bits per heavy atom. The molecular weight excluding hydrogens is 311 g/mol. The number of hydrogen-bond acceptors (Lipinski definition) is 3. The van der Waals surface area contributed by atoms with Crippen molar-refractivity contribution in [1.29, 1.82) is 0 Å². The third-order valence-corrected chi connectivity index (χ3v) is 4.20. The maximum Gasteiger partial charge on any atom is 0.410 e. The molecular formula is C18H25FN2O3. The number of carbonyl (C=O) groups is 2. The van der Waals surface area contributed by atoms with Gasteiger partial charge in [0.2, 0.25) is 5.91 Å². The van der Waals surface area contributed by atoms with Crippen LogP contribution in [-0.4, -0.2) is 35.6 Å². The lowest BCUT2D eigenvalue weighted by Gasteiger charge is -2.36. The Morgan fingerprint density at radius 1 is 1.21 bits per heavy atom. The predicted octanol–water partition coefficient (Wildman–Crippen LogP) is 3.04. The van der Waals surface area contributed by atoms with E-state index < -0.39 is 17.4 Å². The number of rotatable bonds is 3. The molecule has 0 aliphatic carbocycles. The van der Waals surface area contributed by atoms with Gasteiger partial charge in [0.05, 0.1) is 5.92 Å². The van der Waals surface area contributed by atoms with Gasteiger partial charge in [0.25, 0.3) is 0 Å². The minimum absolute atomic E-state index is 0.0339. The molecule has 2 N–H and O–H groups in total. The third-order valence-electron chi connectivity index (χ3n) is 4.20. The summed E-state index contributed by atoms with van der Waals surface area (Å²) in [4.78, 5) is 25.7. The largest absolute Gasteiger partial charge is 0.444 e. The Bertz CT molecular complexity index is 587. The fraction of sp³-hybridized carbons (Fsp3) is 0.556. The molecule has 2 rings (SSSR count). The minimum Gasteiger partial charge on any atom is -0.444 e. The highest BCUT2D eigenvalue weighted by Gasteiger charge is 2.33. The summed E-state index contributed by atoms with van der Waals surface area (Å²) < 4.78 is 18.5. The van der Waals surface area contributed by atoms with Crippen LogP contribution in [-0.2, 0) is 9.53 Å². The van der Waals surface area contributed by atoms with Gasteiger partial charge in [-0.1, -0.05) is 12.1 Å². The monoisotopic (exact) mass is 336 g/mol. The molecule has 1 atom stereocenters. The van der Waals surface area contributed by atoms with Gasteiger partial charge >= 0.3 is 6.09 Å². The fourth-order valence-corrected chi connectivity index (χ4v) is 3.08. The van der Waals surface area contributed by atoms with E-state index in [2.05, 4.69) is 0 Å². The van der Waals surface area contributed by atoms with Gasteiger partial charge in [-0.2, -0.15) is 0 Å². The predicted molar refractivity (Wildman–Crippen MR) is 88.9 cm³/mol. The lowest BCUT2D eigenvalue weighted by molar-refractivity contribution is -0.121. The normalized spacial score (nSPS) is 17.4. The third kappa shape index (κ3) is 4.69. The van der Waals surface area contributed by atoms with Gasteiger partial charge in [-0.05, 0) is 57.2 Å². The van der Waals surface area contributed by atoms with Crippen molar-refractivity contribution in [3.8, 4) is 0 Å². The van der Waals surface area contributed by atoms with Gasteiger partial charge in [0.1, 0.15) is 11.4 Å². The molecule has 1 saturated heterocycles. The van der Waals surface area contributed by atoms with Crippen LogP contribution in [0.5, 0.6) is 0 Å². The van der Waals surface area contributed by atoms with Gasteiger partial charge in [-0.15, -0.1) is 0 Å². The molecule has 132 valence electrons. The zero-order chi connectivity index (χ0) is 17.9. The molecule has 0 aromatic heterocycles. The first-order valence-corrected chi connectivity index (χ1v) is 8.20. The Labute approximate surface area is 142 Å².